The van der Waals surface area contributed by atoms with E-state index < -0.39 is 6.04 Å². The third-order valence-electron chi connectivity index (χ3n) is 6.02. The number of carbonyl (C=O) groups is 1. The second-order valence-corrected chi connectivity index (χ2v) is 9.86. The van der Waals surface area contributed by atoms with Crippen LogP contribution < -0.4 is 5.32 Å². The molecule has 184 valence electrons. The van der Waals surface area contributed by atoms with E-state index in [1.54, 1.807) is 16.8 Å². The highest BCUT2D eigenvalue weighted by Crippen LogP contribution is 2.37. The highest BCUT2D eigenvalue weighted by molar-refractivity contribution is 7.98. The van der Waals surface area contributed by atoms with Crippen molar-refractivity contribution >= 4 is 23.7 Å². The van der Waals surface area contributed by atoms with Crippen LogP contribution in [-0.4, -0.2) is 27.3 Å². The molecular formula is C27H31FN4O2S. The molecule has 6 nitrogen and oxygen atoms in total. The third kappa shape index (κ3) is 5.59. The summed E-state index contributed by atoms with van der Waals surface area (Å²) in [6.07, 6.45) is 1.75. The van der Waals surface area contributed by atoms with Crippen LogP contribution >= 0.6 is 11.8 Å². The van der Waals surface area contributed by atoms with Crippen molar-refractivity contribution in [3.63, 3.8) is 0 Å². The molecule has 4 rings (SSSR count). The van der Waals surface area contributed by atoms with Crippen LogP contribution in [-0.2, 0) is 15.3 Å². The zero-order valence-corrected chi connectivity index (χ0v) is 21.4. The molecule has 8 heteroatoms. The Morgan fingerprint density at radius 3 is 2.63 bits per heavy atom. The SMILES string of the molecule is CCCCOC(=O)C1=C(C)Nc2nc(SCc3ccccc3F)nn2C1c1ccc(C(C)C)cc1. The first-order valence-electron chi connectivity index (χ1n) is 12.0. The molecule has 2 heterocycles. The summed E-state index contributed by atoms with van der Waals surface area (Å²) >= 11 is 1.35. The lowest BCUT2D eigenvalue weighted by Crippen LogP contribution is -2.29. The summed E-state index contributed by atoms with van der Waals surface area (Å²) in [7, 11) is 0. The van der Waals surface area contributed by atoms with Gasteiger partial charge in [0.05, 0.1) is 12.2 Å². The molecule has 1 aliphatic heterocycles. The summed E-state index contributed by atoms with van der Waals surface area (Å²) < 4.78 is 21.4. The van der Waals surface area contributed by atoms with Crippen LogP contribution in [0.1, 0.15) is 69.2 Å². The fourth-order valence-corrected chi connectivity index (χ4v) is 4.79. The Bertz CT molecular complexity index is 1220. The minimum atomic E-state index is -0.475. The Morgan fingerprint density at radius 1 is 1.20 bits per heavy atom. The summed E-state index contributed by atoms with van der Waals surface area (Å²) in [5, 5.41) is 8.44. The summed E-state index contributed by atoms with van der Waals surface area (Å²) in [5.41, 5.74) is 3.94. The fourth-order valence-electron chi connectivity index (χ4n) is 3.97. The summed E-state index contributed by atoms with van der Waals surface area (Å²) in [6.45, 7) is 8.58. The Balaban J connectivity index is 1.67. The molecule has 0 radical (unpaired) electrons. The molecule has 0 bridgehead atoms. The maximum Gasteiger partial charge on any atom is 0.338 e. The Morgan fingerprint density at radius 2 is 1.94 bits per heavy atom. The van der Waals surface area contributed by atoms with Gasteiger partial charge < -0.3 is 10.1 Å². The fraction of sp³-hybridized carbons (Fsp3) is 0.370. The molecule has 0 amide bonds. The zero-order chi connectivity index (χ0) is 24.9. The number of nitrogens with one attached hydrogen (secondary N) is 1. The van der Waals surface area contributed by atoms with Gasteiger partial charge in [0.1, 0.15) is 11.9 Å². The van der Waals surface area contributed by atoms with Gasteiger partial charge in [0.25, 0.3) is 0 Å². The van der Waals surface area contributed by atoms with Crippen molar-refractivity contribution in [1.82, 2.24) is 14.8 Å². The van der Waals surface area contributed by atoms with Crippen molar-refractivity contribution in [2.45, 2.75) is 63.4 Å². The van der Waals surface area contributed by atoms with Crippen LogP contribution in [0.4, 0.5) is 10.3 Å². The lowest BCUT2D eigenvalue weighted by Gasteiger charge is -2.28. The van der Waals surface area contributed by atoms with Gasteiger partial charge in [-0.1, -0.05) is 81.4 Å². The van der Waals surface area contributed by atoms with Crippen LogP contribution in [0.2, 0.25) is 0 Å². The number of fused-ring (bicyclic) bond motifs is 1. The highest BCUT2D eigenvalue weighted by atomic mass is 32.2. The quantitative estimate of drug-likeness (QED) is 0.209. The van der Waals surface area contributed by atoms with Gasteiger partial charge in [-0.15, -0.1) is 5.10 Å². The summed E-state index contributed by atoms with van der Waals surface area (Å²) in [6, 6.07) is 14.5. The average Bonchev–Trinajstić information content (AvgIpc) is 3.25. The van der Waals surface area contributed by atoms with E-state index in [1.807, 2.05) is 25.1 Å². The van der Waals surface area contributed by atoms with E-state index in [1.165, 1.54) is 23.4 Å². The van der Waals surface area contributed by atoms with Gasteiger partial charge in [0.2, 0.25) is 11.1 Å². The first-order chi connectivity index (χ1) is 16.9. The maximum absolute atomic E-state index is 14.1. The smallest absolute Gasteiger partial charge is 0.338 e. The number of ether oxygens (including phenoxy) is 1. The lowest BCUT2D eigenvalue weighted by molar-refractivity contribution is -0.139. The topological polar surface area (TPSA) is 69.0 Å². The molecule has 0 saturated carbocycles. The number of thioether (sulfide) groups is 1. The number of allylic oxidation sites excluding steroid dienone is 1. The molecule has 2 aromatic carbocycles. The molecule has 35 heavy (non-hydrogen) atoms. The molecule has 0 fully saturated rings. The average molecular weight is 495 g/mol. The summed E-state index contributed by atoms with van der Waals surface area (Å²) in [5.74, 6) is 0.739. The number of benzene rings is 2. The number of halogens is 1. The molecule has 0 aliphatic carbocycles. The van der Waals surface area contributed by atoms with Crippen molar-refractivity contribution in [2.24, 2.45) is 0 Å². The Kier molecular flexibility index (Phi) is 7.90. The number of anilines is 1. The monoisotopic (exact) mass is 494 g/mol. The van der Waals surface area contributed by atoms with Gasteiger partial charge in [-0.3, -0.25) is 0 Å². The predicted molar refractivity (Wildman–Crippen MR) is 137 cm³/mol. The molecule has 1 aromatic heterocycles. The second-order valence-electron chi connectivity index (χ2n) is 8.92. The zero-order valence-electron chi connectivity index (χ0n) is 20.5. The number of hydrogen-bond acceptors (Lipinski definition) is 6. The van der Waals surface area contributed by atoms with Crippen LogP contribution in [0.15, 0.2) is 65.0 Å². The van der Waals surface area contributed by atoms with Crippen molar-refractivity contribution in [3.8, 4) is 0 Å². The van der Waals surface area contributed by atoms with E-state index in [-0.39, 0.29) is 11.8 Å². The molecular weight excluding hydrogens is 463 g/mol. The first-order valence-corrected chi connectivity index (χ1v) is 12.9. The van der Waals surface area contributed by atoms with Crippen LogP contribution in [0.5, 0.6) is 0 Å². The number of rotatable bonds is 9. The number of esters is 1. The van der Waals surface area contributed by atoms with Crippen molar-refractivity contribution in [2.75, 3.05) is 11.9 Å². The molecule has 1 aliphatic rings. The van der Waals surface area contributed by atoms with Gasteiger partial charge in [-0.2, -0.15) is 4.98 Å². The maximum atomic E-state index is 14.1. The normalized spacial score (nSPS) is 15.2. The van der Waals surface area contributed by atoms with E-state index >= 15 is 0 Å². The number of hydrogen-bond donors (Lipinski definition) is 1. The standard InChI is InChI=1S/C27H31FN4O2S/c1-5-6-15-34-25(33)23-18(4)29-26-30-27(35-16-21-9-7-8-10-22(21)28)31-32(26)24(23)20-13-11-19(12-14-20)17(2)3/h7-14,17,24H,5-6,15-16H2,1-4H3,(H,29,30,31). The van der Waals surface area contributed by atoms with Crippen LogP contribution in [0.3, 0.4) is 0 Å². The molecule has 1 unspecified atom stereocenters. The van der Waals surface area contributed by atoms with Gasteiger partial charge >= 0.3 is 5.97 Å². The number of unbranched alkanes of at least 4 members (excludes halogenated alkanes) is 1. The molecule has 1 atom stereocenters. The van der Waals surface area contributed by atoms with Gasteiger partial charge in [0, 0.05) is 11.4 Å². The minimum Gasteiger partial charge on any atom is -0.462 e. The van der Waals surface area contributed by atoms with Gasteiger partial charge in [-0.05, 0) is 42.0 Å². The van der Waals surface area contributed by atoms with E-state index in [0.717, 1.165) is 18.4 Å². The molecule has 1 N–H and O–H groups in total. The summed E-state index contributed by atoms with van der Waals surface area (Å²) in [4.78, 5) is 17.8. The van der Waals surface area contributed by atoms with Crippen molar-refractivity contribution in [1.29, 1.82) is 0 Å². The van der Waals surface area contributed by atoms with E-state index in [4.69, 9.17) is 9.84 Å². The molecule has 3 aromatic rings. The van der Waals surface area contributed by atoms with E-state index in [2.05, 4.69) is 43.2 Å². The second kappa shape index (κ2) is 11.1. The molecule has 0 spiro atoms. The highest BCUT2D eigenvalue weighted by Gasteiger charge is 2.35. The van der Waals surface area contributed by atoms with E-state index in [0.29, 0.717) is 46.2 Å². The minimum absolute atomic E-state index is 0.250. The Labute approximate surface area is 210 Å². The van der Waals surface area contributed by atoms with Crippen molar-refractivity contribution in [3.05, 3.63) is 82.3 Å². The van der Waals surface area contributed by atoms with Crippen LogP contribution in [0, 0.1) is 5.82 Å². The molecule has 0 saturated heterocycles. The first kappa shape index (κ1) is 25.0. The number of aromatic nitrogens is 3. The van der Waals surface area contributed by atoms with Crippen LogP contribution in [0.25, 0.3) is 0 Å². The Hall–Kier alpha value is -3.13. The number of carbonyl (C=O) groups excluding carboxylic acids is 1. The van der Waals surface area contributed by atoms with Gasteiger partial charge in [-0.25, -0.2) is 13.9 Å². The van der Waals surface area contributed by atoms with E-state index in [9.17, 15) is 9.18 Å². The predicted octanol–water partition coefficient (Wildman–Crippen LogP) is 6.47. The van der Waals surface area contributed by atoms with Gasteiger partial charge in [0.15, 0.2) is 0 Å². The van der Waals surface area contributed by atoms with Crippen molar-refractivity contribution < 1.29 is 13.9 Å². The largest absolute Gasteiger partial charge is 0.462 e. The lowest BCUT2D eigenvalue weighted by atomic mass is 9.93. The number of nitrogens with zero attached hydrogens (tertiary/aromatic N) is 3. The third-order valence-corrected chi connectivity index (χ3v) is 6.90.